The molecule has 0 aliphatic carbocycles. The lowest BCUT2D eigenvalue weighted by atomic mass is 10.1. The zero-order valence-corrected chi connectivity index (χ0v) is 15.6. The predicted octanol–water partition coefficient (Wildman–Crippen LogP) is 3.67. The molecule has 3 N–H and O–H groups in total. The van der Waals surface area contributed by atoms with Gasteiger partial charge in [-0.25, -0.2) is 9.59 Å². The van der Waals surface area contributed by atoms with Crippen molar-refractivity contribution >= 4 is 11.9 Å². The van der Waals surface area contributed by atoms with Crippen molar-refractivity contribution < 1.29 is 19.8 Å². The molecule has 6 heteroatoms. The second kappa shape index (κ2) is 9.32. The minimum absolute atomic E-state index is 0.00178. The van der Waals surface area contributed by atoms with E-state index in [0.29, 0.717) is 12.0 Å². The van der Waals surface area contributed by atoms with E-state index in [0.717, 1.165) is 17.2 Å². The number of carboxylic acid groups (broad SMARTS) is 2. The topological polar surface area (TPSA) is 107 Å². The molecule has 0 unspecified atom stereocenters. The van der Waals surface area contributed by atoms with Crippen molar-refractivity contribution in [3.63, 3.8) is 0 Å². The van der Waals surface area contributed by atoms with Crippen molar-refractivity contribution in [2.24, 2.45) is 0 Å². The molecule has 1 aromatic heterocycles. The fourth-order valence-electron chi connectivity index (χ4n) is 2.51. The molecule has 0 amide bonds. The number of pyridine rings is 1. The van der Waals surface area contributed by atoms with Gasteiger partial charge in [-0.1, -0.05) is 42.0 Å². The van der Waals surface area contributed by atoms with E-state index >= 15 is 0 Å². The number of hydrogen-bond donors (Lipinski definition) is 3. The lowest BCUT2D eigenvalue weighted by Crippen LogP contribution is -2.11. The van der Waals surface area contributed by atoms with Gasteiger partial charge in [0.25, 0.3) is 5.56 Å². The van der Waals surface area contributed by atoms with E-state index < -0.39 is 11.9 Å². The Bertz CT molecular complexity index is 1040. The van der Waals surface area contributed by atoms with Crippen LogP contribution in [0, 0.1) is 13.8 Å². The zero-order chi connectivity index (χ0) is 20.7. The molecule has 0 radical (unpaired) electrons. The first-order chi connectivity index (χ1) is 13.3. The summed E-state index contributed by atoms with van der Waals surface area (Å²) in [6.45, 7) is 3.67. The van der Waals surface area contributed by atoms with Gasteiger partial charge < -0.3 is 15.2 Å². The van der Waals surface area contributed by atoms with E-state index in [1.807, 2.05) is 12.1 Å². The van der Waals surface area contributed by atoms with Crippen LogP contribution in [0.4, 0.5) is 0 Å². The van der Waals surface area contributed by atoms with Crippen LogP contribution in [0.5, 0.6) is 0 Å². The molecule has 28 heavy (non-hydrogen) atoms. The van der Waals surface area contributed by atoms with Gasteiger partial charge in [-0.05, 0) is 43.2 Å². The first-order valence-corrected chi connectivity index (χ1v) is 8.57. The quantitative estimate of drug-likeness (QED) is 0.641. The van der Waals surface area contributed by atoms with Crippen molar-refractivity contribution in [2.45, 2.75) is 20.3 Å². The summed E-state index contributed by atoms with van der Waals surface area (Å²) < 4.78 is 0. The standard InChI is InChI=1S/C13H13NO.C9H8O4/c1-10-4-6-11(7-5-10)9-12-3-2-8-14-13(12)15;1-5-2-3-6(8(10)11)4-7(5)9(12)13/h2-8H,9H2,1H3,(H,14,15);2-4H,1H3,(H,10,11)(H,12,13). The Balaban J connectivity index is 0.000000203. The second-order valence-corrected chi connectivity index (χ2v) is 6.33. The van der Waals surface area contributed by atoms with Gasteiger partial charge >= 0.3 is 11.9 Å². The van der Waals surface area contributed by atoms with Crippen LogP contribution in [0.25, 0.3) is 0 Å². The summed E-state index contributed by atoms with van der Waals surface area (Å²) in [5, 5.41) is 17.3. The number of carbonyl (C=O) groups is 2. The first-order valence-electron chi connectivity index (χ1n) is 8.57. The molecule has 144 valence electrons. The van der Waals surface area contributed by atoms with Crippen LogP contribution in [0.3, 0.4) is 0 Å². The number of hydrogen-bond acceptors (Lipinski definition) is 3. The SMILES string of the molecule is Cc1ccc(C(=O)O)cc1C(=O)O.Cc1ccc(Cc2ccc[nH]c2=O)cc1. The molecule has 0 fully saturated rings. The van der Waals surface area contributed by atoms with Crippen LogP contribution >= 0.6 is 0 Å². The lowest BCUT2D eigenvalue weighted by molar-refractivity contribution is 0.0695. The average Bonchev–Trinajstić information content (AvgIpc) is 2.66. The van der Waals surface area contributed by atoms with Crippen molar-refractivity contribution in [1.82, 2.24) is 4.98 Å². The Kier molecular flexibility index (Phi) is 6.87. The lowest BCUT2D eigenvalue weighted by Gasteiger charge is -2.01. The number of rotatable bonds is 4. The van der Waals surface area contributed by atoms with E-state index in [1.165, 1.54) is 17.7 Å². The Hall–Kier alpha value is -3.67. The molecular formula is C22H21NO5. The van der Waals surface area contributed by atoms with Gasteiger partial charge in [0.15, 0.2) is 0 Å². The zero-order valence-electron chi connectivity index (χ0n) is 15.6. The summed E-state index contributed by atoms with van der Waals surface area (Å²) in [5.41, 5.74) is 3.78. The number of aromatic carboxylic acids is 2. The normalized spacial score (nSPS) is 9.93. The van der Waals surface area contributed by atoms with Gasteiger partial charge in [0, 0.05) is 18.2 Å². The molecule has 0 saturated carbocycles. The summed E-state index contributed by atoms with van der Waals surface area (Å²) in [5.74, 6) is -2.23. The number of aromatic nitrogens is 1. The predicted molar refractivity (Wildman–Crippen MR) is 106 cm³/mol. The second-order valence-electron chi connectivity index (χ2n) is 6.33. The minimum Gasteiger partial charge on any atom is -0.478 e. The smallest absolute Gasteiger partial charge is 0.335 e. The van der Waals surface area contributed by atoms with Crippen LogP contribution < -0.4 is 5.56 Å². The molecule has 0 aliphatic rings. The van der Waals surface area contributed by atoms with Crippen molar-refractivity contribution in [1.29, 1.82) is 0 Å². The monoisotopic (exact) mass is 379 g/mol. The van der Waals surface area contributed by atoms with E-state index in [1.54, 1.807) is 13.1 Å². The van der Waals surface area contributed by atoms with E-state index in [2.05, 4.69) is 36.2 Å². The average molecular weight is 379 g/mol. The highest BCUT2D eigenvalue weighted by atomic mass is 16.4. The van der Waals surface area contributed by atoms with Gasteiger partial charge in [-0.15, -0.1) is 0 Å². The van der Waals surface area contributed by atoms with E-state index in [9.17, 15) is 14.4 Å². The molecule has 2 aromatic carbocycles. The first kappa shape index (κ1) is 20.6. The molecule has 0 aliphatic heterocycles. The van der Waals surface area contributed by atoms with E-state index in [-0.39, 0.29) is 16.7 Å². The summed E-state index contributed by atoms with van der Waals surface area (Å²) in [7, 11) is 0. The highest BCUT2D eigenvalue weighted by Gasteiger charge is 2.10. The maximum absolute atomic E-state index is 11.4. The van der Waals surface area contributed by atoms with Crippen LogP contribution in [-0.4, -0.2) is 27.1 Å². The maximum Gasteiger partial charge on any atom is 0.335 e. The Morgan fingerprint density at radius 2 is 1.61 bits per heavy atom. The van der Waals surface area contributed by atoms with E-state index in [4.69, 9.17) is 10.2 Å². The molecule has 0 spiro atoms. The van der Waals surface area contributed by atoms with Crippen molar-refractivity contribution in [3.05, 3.63) is 105 Å². The third-order valence-electron chi connectivity index (χ3n) is 4.13. The van der Waals surface area contributed by atoms with Gasteiger partial charge in [-0.2, -0.15) is 0 Å². The number of nitrogens with one attached hydrogen (secondary N) is 1. The summed E-state index contributed by atoms with van der Waals surface area (Å²) in [6.07, 6.45) is 2.34. The number of aryl methyl sites for hydroxylation is 2. The summed E-state index contributed by atoms with van der Waals surface area (Å²) >= 11 is 0. The van der Waals surface area contributed by atoms with Crippen molar-refractivity contribution in [3.8, 4) is 0 Å². The minimum atomic E-state index is -1.12. The third-order valence-corrected chi connectivity index (χ3v) is 4.13. The third kappa shape index (κ3) is 5.67. The Labute approximate surface area is 162 Å². The molecule has 1 heterocycles. The fourth-order valence-corrected chi connectivity index (χ4v) is 2.51. The highest BCUT2D eigenvalue weighted by molar-refractivity contribution is 5.94. The summed E-state index contributed by atoms with van der Waals surface area (Å²) in [4.78, 5) is 35.2. The Morgan fingerprint density at radius 3 is 2.18 bits per heavy atom. The number of benzene rings is 2. The molecule has 6 nitrogen and oxygen atoms in total. The van der Waals surface area contributed by atoms with Crippen molar-refractivity contribution in [2.75, 3.05) is 0 Å². The number of aromatic amines is 1. The van der Waals surface area contributed by atoms with Gasteiger partial charge in [-0.3, -0.25) is 4.79 Å². The molecule has 0 atom stereocenters. The summed E-state index contributed by atoms with van der Waals surface area (Å²) in [6, 6.07) is 16.0. The van der Waals surface area contributed by atoms with Gasteiger partial charge in [0.2, 0.25) is 0 Å². The van der Waals surface area contributed by atoms with Crippen LogP contribution in [0.1, 0.15) is 43.0 Å². The van der Waals surface area contributed by atoms with Crippen LogP contribution in [0.15, 0.2) is 65.6 Å². The number of H-pyrrole nitrogens is 1. The Morgan fingerprint density at radius 1 is 0.929 bits per heavy atom. The van der Waals surface area contributed by atoms with Crippen LogP contribution in [0.2, 0.25) is 0 Å². The molecule has 3 rings (SSSR count). The van der Waals surface area contributed by atoms with Gasteiger partial charge in [0.1, 0.15) is 0 Å². The van der Waals surface area contributed by atoms with Gasteiger partial charge in [0.05, 0.1) is 11.1 Å². The molecule has 0 saturated heterocycles. The van der Waals surface area contributed by atoms with Crippen LogP contribution in [-0.2, 0) is 6.42 Å². The fraction of sp³-hybridized carbons (Fsp3) is 0.136. The molecular weight excluding hydrogens is 358 g/mol. The molecule has 0 bridgehead atoms. The molecule has 3 aromatic rings. The largest absolute Gasteiger partial charge is 0.478 e. The maximum atomic E-state index is 11.4. The highest BCUT2D eigenvalue weighted by Crippen LogP contribution is 2.11. The number of carboxylic acids is 2.